The Kier molecular flexibility index (Phi) is 6.68. The van der Waals surface area contributed by atoms with Gasteiger partial charge in [-0.05, 0) is 50.7 Å². The van der Waals surface area contributed by atoms with E-state index < -0.39 is 23.2 Å². The molecule has 0 radical (unpaired) electrons. The molecule has 140 valence electrons. The predicted octanol–water partition coefficient (Wildman–Crippen LogP) is 3.08. The summed E-state index contributed by atoms with van der Waals surface area (Å²) in [6, 6.07) is 4.28. The molecule has 2 amide bonds. The number of imide groups is 1. The number of hydrogen-bond donors (Lipinski definition) is 0. The smallest absolute Gasteiger partial charge is 0.328 e. The lowest BCUT2D eigenvalue weighted by Crippen LogP contribution is -2.42. The second-order valence-corrected chi connectivity index (χ2v) is 6.31. The molecule has 0 unspecified atom stereocenters. The van der Waals surface area contributed by atoms with Crippen LogP contribution in [-0.2, 0) is 14.3 Å². The SMILES string of the molecule is CCOc1ccc(/C=C2/SC(=O)N([C@H](C)C(=O)OC)C2=O)c(OCC)c1. The molecule has 1 aromatic rings. The fourth-order valence-electron chi connectivity index (χ4n) is 2.40. The van der Waals surface area contributed by atoms with Gasteiger partial charge in [0, 0.05) is 11.6 Å². The number of amides is 2. The molecule has 1 heterocycles. The zero-order chi connectivity index (χ0) is 19.3. The van der Waals surface area contributed by atoms with Gasteiger partial charge in [-0.25, -0.2) is 4.79 Å². The number of benzene rings is 1. The maximum atomic E-state index is 12.6. The van der Waals surface area contributed by atoms with Crippen LogP contribution in [0, 0.1) is 0 Å². The minimum Gasteiger partial charge on any atom is -0.494 e. The highest BCUT2D eigenvalue weighted by Crippen LogP contribution is 2.36. The maximum absolute atomic E-state index is 12.6. The van der Waals surface area contributed by atoms with Gasteiger partial charge < -0.3 is 14.2 Å². The van der Waals surface area contributed by atoms with Gasteiger partial charge in [0.25, 0.3) is 11.1 Å². The summed E-state index contributed by atoms with van der Waals surface area (Å²) in [5.74, 6) is 0.0191. The third-order valence-electron chi connectivity index (χ3n) is 3.64. The normalized spacial score (nSPS) is 16.8. The van der Waals surface area contributed by atoms with E-state index in [0.29, 0.717) is 30.3 Å². The Morgan fingerprint density at radius 2 is 1.92 bits per heavy atom. The monoisotopic (exact) mass is 379 g/mol. The fraction of sp³-hybridized carbons (Fsp3) is 0.389. The first-order valence-corrected chi connectivity index (χ1v) is 8.99. The molecule has 2 rings (SSSR count). The Bertz CT molecular complexity index is 745. The molecule has 1 aromatic carbocycles. The van der Waals surface area contributed by atoms with E-state index in [2.05, 4.69) is 4.74 Å². The van der Waals surface area contributed by atoms with Crippen LogP contribution in [0.4, 0.5) is 4.79 Å². The molecule has 0 bridgehead atoms. The summed E-state index contributed by atoms with van der Waals surface area (Å²) in [5, 5.41) is -0.511. The molecule has 26 heavy (non-hydrogen) atoms. The topological polar surface area (TPSA) is 82.1 Å². The van der Waals surface area contributed by atoms with Crippen LogP contribution in [0.15, 0.2) is 23.1 Å². The van der Waals surface area contributed by atoms with E-state index in [1.807, 2.05) is 13.8 Å². The molecule has 0 spiro atoms. The minimum atomic E-state index is -0.981. The van der Waals surface area contributed by atoms with Crippen molar-refractivity contribution in [3.63, 3.8) is 0 Å². The van der Waals surface area contributed by atoms with Crippen LogP contribution in [0.3, 0.4) is 0 Å². The van der Waals surface area contributed by atoms with Crippen molar-refractivity contribution in [2.75, 3.05) is 20.3 Å². The second kappa shape index (κ2) is 8.75. The summed E-state index contributed by atoms with van der Waals surface area (Å²) in [6.07, 6.45) is 1.58. The van der Waals surface area contributed by atoms with Crippen molar-refractivity contribution in [1.29, 1.82) is 0 Å². The summed E-state index contributed by atoms with van der Waals surface area (Å²) in [4.78, 5) is 37.5. The molecule has 0 aliphatic carbocycles. The highest BCUT2D eigenvalue weighted by atomic mass is 32.2. The zero-order valence-corrected chi connectivity index (χ0v) is 15.9. The Morgan fingerprint density at radius 3 is 2.54 bits per heavy atom. The van der Waals surface area contributed by atoms with E-state index in [9.17, 15) is 14.4 Å². The summed E-state index contributed by atoms with van der Waals surface area (Å²) < 4.78 is 15.7. The van der Waals surface area contributed by atoms with Gasteiger partial charge in [0.2, 0.25) is 0 Å². The molecule has 1 aliphatic rings. The van der Waals surface area contributed by atoms with Crippen LogP contribution in [0.5, 0.6) is 11.5 Å². The Morgan fingerprint density at radius 1 is 1.23 bits per heavy atom. The molecule has 1 atom stereocenters. The number of carbonyl (C=O) groups is 3. The van der Waals surface area contributed by atoms with Gasteiger partial charge in [0.05, 0.1) is 25.2 Å². The molecule has 7 nitrogen and oxygen atoms in total. The number of thioether (sulfide) groups is 1. The third kappa shape index (κ3) is 4.19. The quantitative estimate of drug-likeness (QED) is 0.532. The van der Waals surface area contributed by atoms with E-state index in [1.54, 1.807) is 24.3 Å². The van der Waals surface area contributed by atoms with Crippen LogP contribution in [0.2, 0.25) is 0 Å². The summed E-state index contributed by atoms with van der Waals surface area (Å²) in [6.45, 7) is 6.15. The number of carbonyl (C=O) groups excluding carboxylic acids is 3. The maximum Gasteiger partial charge on any atom is 0.328 e. The average Bonchev–Trinajstić information content (AvgIpc) is 2.90. The first kappa shape index (κ1) is 19.8. The lowest BCUT2D eigenvalue weighted by molar-refractivity contribution is -0.148. The van der Waals surface area contributed by atoms with Crippen molar-refractivity contribution in [3.05, 3.63) is 28.7 Å². The van der Waals surface area contributed by atoms with Gasteiger partial charge in [-0.15, -0.1) is 0 Å². The second-order valence-electron chi connectivity index (χ2n) is 5.32. The summed E-state index contributed by atoms with van der Waals surface area (Å²) in [5.41, 5.74) is 0.645. The number of ether oxygens (including phenoxy) is 3. The first-order chi connectivity index (χ1) is 12.4. The number of hydrogen-bond acceptors (Lipinski definition) is 7. The van der Waals surface area contributed by atoms with Crippen molar-refractivity contribution >= 4 is 35.0 Å². The van der Waals surface area contributed by atoms with Crippen LogP contribution < -0.4 is 9.47 Å². The molecule has 1 saturated heterocycles. The van der Waals surface area contributed by atoms with E-state index >= 15 is 0 Å². The van der Waals surface area contributed by atoms with Crippen LogP contribution in [0.25, 0.3) is 6.08 Å². The molecule has 0 aromatic heterocycles. The van der Waals surface area contributed by atoms with Gasteiger partial charge >= 0.3 is 5.97 Å². The van der Waals surface area contributed by atoms with Gasteiger partial charge in [-0.1, -0.05) is 0 Å². The highest BCUT2D eigenvalue weighted by Gasteiger charge is 2.41. The number of nitrogens with zero attached hydrogens (tertiary/aromatic N) is 1. The molecular formula is C18H21NO6S. The van der Waals surface area contributed by atoms with E-state index in [0.717, 1.165) is 16.7 Å². The van der Waals surface area contributed by atoms with Crippen LogP contribution in [-0.4, -0.2) is 48.4 Å². The van der Waals surface area contributed by atoms with E-state index in [-0.39, 0.29) is 4.91 Å². The molecular weight excluding hydrogens is 358 g/mol. The van der Waals surface area contributed by atoms with Gasteiger partial charge in [0.15, 0.2) is 0 Å². The third-order valence-corrected chi connectivity index (χ3v) is 4.52. The number of methoxy groups -OCH3 is 1. The van der Waals surface area contributed by atoms with Crippen LogP contribution >= 0.6 is 11.8 Å². The van der Waals surface area contributed by atoms with Crippen molar-refractivity contribution in [1.82, 2.24) is 4.90 Å². The Hall–Kier alpha value is -2.48. The zero-order valence-electron chi connectivity index (χ0n) is 15.1. The van der Waals surface area contributed by atoms with E-state index in [4.69, 9.17) is 9.47 Å². The van der Waals surface area contributed by atoms with Gasteiger partial charge in [-0.3, -0.25) is 14.5 Å². The van der Waals surface area contributed by atoms with Crippen molar-refractivity contribution in [2.24, 2.45) is 0 Å². The molecule has 0 saturated carbocycles. The van der Waals surface area contributed by atoms with E-state index in [1.165, 1.54) is 14.0 Å². The van der Waals surface area contributed by atoms with Crippen LogP contribution in [0.1, 0.15) is 26.3 Å². The number of esters is 1. The summed E-state index contributed by atoms with van der Waals surface area (Å²) >= 11 is 0.778. The standard InChI is InChI=1S/C18H21NO6S/c1-5-24-13-8-7-12(14(10-13)25-6-2)9-15-16(20)19(18(22)26-15)11(3)17(21)23-4/h7-11H,5-6H2,1-4H3/b15-9+/t11-/m1/s1. The van der Waals surface area contributed by atoms with Crippen molar-refractivity contribution < 1.29 is 28.6 Å². The number of rotatable bonds is 7. The lowest BCUT2D eigenvalue weighted by atomic mass is 10.1. The first-order valence-electron chi connectivity index (χ1n) is 8.17. The molecule has 1 aliphatic heterocycles. The largest absolute Gasteiger partial charge is 0.494 e. The van der Waals surface area contributed by atoms with Crippen molar-refractivity contribution in [3.8, 4) is 11.5 Å². The Labute approximate surface area is 156 Å². The predicted molar refractivity (Wildman–Crippen MR) is 98.1 cm³/mol. The van der Waals surface area contributed by atoms with Gasteiger partial charge in [-0.2, -0.15) is 0 Å². The van der Waals surface area contributed by atoms with Crippen molar-refractivity contribution in [2.45, 2.75) is 26.8 Å². The fourth-order valence-corrected chi connectivity index (χ4v) is 3.30. The molecule has 8 heteroatoms. The Balaban J connectivity index is 2.33. The lowest BCUT2D eigenvalue weighted by Gasteiger charge is -2.18. The molecule has 0 N–H and O–H groups in total. The average molecular weight is 379 g/mol. The minimum absolute atomic E-state index is 0.218. The summed E-state index contributed by atoms with van der Waals surface area (Å²) in [7, 11) is 1.21. The molecule has 1 fully saturated rings. The van der Waals surface area contributed by atoms with Gasteiger partial charge in [0.1, 0.15) is 17.5 Å². The highest BCUT2D eigenvalue weighted by molar-refractivity contribution is 8.18.